The number of nitrogens with zero attached hydrogens (tertiary/aromatic N) is 3. The van der Waals surface area contributed by atoms with Gasteiger partial charge in [0.1, 0.15) is 6.04 Å². The second-order valence-corrected chi connectivity index (χ2v) is 6.57. The van der Waals surface area contributed by atoms with Crippen LogP contribution in [-0.4, -0.2) is 54.2 Å². The lowest BCUT2D eigenvalue weighted by molar-refractivity contribution is -0.139. The zero-order chi connectivity index (χ0) is 17.0. The Hall–Kier alpha value is -1.60. The Morgan fingerprint density at radius 3 is 2.46 bits per heavy atom. The smallest absolute Gasteiger partial charge is 0.241 e. The average Bonchev–Trinajstić information content (AvgIpc) is 3.15. The third-order valence-electron chi connectivity index (χ3n) is 4.63. The first kappa shape index (κ1) is 20.4. The number of aryl methyl sites for hydroxylation is 1. The largest absolute Gasteiger partial charge is 0.353 e. The molecule has 1 aliphatic carbocycles. The van der Waals surface area contributed by atoms with Crippen LogP contribution in [0.25, 0.3) is 0 Å². The van der Waals surface area contributed by atoms with Gasteiger partial charge in [-0.1, -0.05) is 12.8 Å². The van der Waals surface area contributed by atoms with Crippen LogP contribution in [0.1, 0.15) is 37.3 Å². The molecule has 0 saturated heterocycles. The maximum Gasteiger partial charge on any atom is 0.241 e. The molecule has 0 bridgehead atoms. The molecule has 0 aromatic carbocycles. The van der Waals surface area contributed by atoms with E-state index >= 15 is 0 Å². The molecule has 1 unspecified atom stereocenters. The molecule has 1 fully saturated rings. The summed E-state index contributed by atoms with van der Waals surface area (Å²) in [5, 5.41) is 10.1. The molecule has 1 atom stereocenters. The van der Waals surface area contributed by atoms with Gasteiger partial charge in [0, 0.05) is 39.4 Å². The summed E-state index contributed by atoms with van der Waals surface area (Å²) in [7, 11) is 7.11. The number of amides is 2. The van der Waals surface area contributed by atoms with E-state index in [1.54, 1.807) is 36.9 Å². The van der Waals surface area contributed by atoms with Gasteiger partial charge in [-0.3, -0.25) is 14.3 Å². The number of rotatable bonds is 6. The van der Waals surface area contributed by atoms with E-state index in [9.17, 15) is 9.59 Å². The van der Waals surface area contributed by atoms with Crippen molar-refractivity contribution in [1.82, 2.24) is 25.3 Å². The normalized spacial score (nSPS) is 17.0. The lowest BCUT2D eigenvalue weighted by atomic mass is 9.84. The van der Waals surface area contributed by atoms with E-state index in [1.807, 2.05) is 13.2 Å². The van der Waals surface area contributed by atoms with Crippen molar-refractivity contribution < 1.29 is 9.59 Å². The Kier molecular flexibility index (Phi) is 7.23. The fourth-order valence-electron chi connectivity index (χ4n) is 3.39. The first-order chi connectivity index (χ1) is 10.9. The lowest BCUT2D eigenvalue weighted by Gasteiger charge is -2.31. The van der Waals surface area contributed by atoms with Crippen LogP contribution in [0.2, 0.25) is 0 Å². The number of halogens is 1. The van der Waals surface area contributed by atoms with Crippen LogP contribution < -0.4 is 10.6 Å². The molecule has 2 N–H and O–H groups in total. The Labute approximate surface area is 149 Å². The number of carbonyl (C=O) groups excluding carboxylic acids is 2. The van der Waals surface area contributed by atoms with E-state index < -0.39 is 11.5 Å². The van der Waals surface area contributed by atoms with Crippen LogP contribution in [0.15, 0.2) is 12.4 Å². The first-order valence-electron chi connectivity index (χ1n) is 8.05. The predicted octanol–water partition coefficient (Wildman–Crippen LogP) is 0.867. The van der Waals surface area contributed by atoms with Gasteiger partial charge in [-0.2, -0.15) is 5.10 Å². The highest BCUT2D eigenvalue weighted by Crippen LogP contribution is 2.39. The van der Waals surface area contributed by atoms with Gasteiger partial charge in [0.15, 0.2) is 0 Å². The van der Waals surface area contributed by atoms with Crippen LogP contribution in [0, 0.1) is 5.41 Å². The Morgan fingerprint density at radius 2 is 2.00 bits per heavy atom. The molecule has 1 saturated carbocycles. The standard InChI is InChI=1S/C16H27N5O2.ClH/c1-17-13(12-9-19-21(4)10-12)14(22)18-11-16(7-5-6-8-16)15(23)20(2)3;/h9-10,13,17H,5-8,11H2,1-4H3,(H,18,22);1H. The van der Waals surface area contributed by atoms with Crippen molar-refractivity contribution in [3.8, 4) is 0 Å². The summed E-state index contributed by atoms with van der Waals surface area (Å²) in [5.41, 5.74) is 0.360. The zero-order valence-electron chi connectivity index (χ0n) is 14.8. The van der Waals surface area contributed by atoms with E-state index in [0.29, 0.717) is 6.54 Å². The predicted molar refractivity (Wildman–Crippen MR) is 94.9 cm³/mol. The summed E-state index contributed by atoms with van der Waals surface area (Å²) < 4.78 is 1.67. The van der Waals surface area contributed by atoms with Gasteiger partial charge >= 0.3 is 0 Å². The molecular formula is C16H28ClN5O2. The molecule has 7 nitrogen and oxygen atoms in total. The van der Waals surface area contributed by atoms with Gasteiger partial charge < -0.3 is 15.5 Å². The average molecular weight is 358 g/mol. The van der Waals surface area contributed by atoms with Crippen molar-refractivity contribution in [3.63, 3.8) is 0 Å². The van der Waals surface area contributed by atoms with E-state index in [0.717, 1.165) is 31.2 Å². The molecule has 24 heavy (non-hydrogen) atoms. The SMILES string of the molecule is CNC(C(=O)NCC1(C(=O)N(C)C)CCCC1)c1cnn(C)c1.Cl. The third kappa shape index (κ3) is 4.27. The van der Waals surface area contributed by atoms with Gasteiger partial charge in [0.2, 0.25) is 11.8 Å². The molecule has 136 valence electrons. The summed E-state index contributed by atoms with van der Waals surface area (Å²) >= 11 is 0. The molecule has 1 aromatic heterocycles. The van der Waals surface area contributed by atoms with Crippen molar-refractivity contribution >= 4 is 24.2 Å². The van der Waals surface area contributed by atoms with Crippen molar-refractivity contribution in [3.05, 3.63) is 18.0 Å². The number of aromatic nitrogens is 2. The lowest BCUT2D eigenvalue weighted by Crippen LogP contribution is -2.48. The Morgan fingerprint density at radius 1 is 1.38 bits per heavy atom. The highest BCUT2D eigenvalue weighted by Gasteiger charge is 2.42. The van der Waals surface area contributed by atoms with Crippen LogP contribution in [0.4, 0.5) is 0 Å². The summed E-state index contributed by atoms with van der Waals surface area (Å²) in [6, 6.07) is -0.461. The van der Waals surface area contributed by atoms with Gasteiger partial charge in [0.05, 0.1) is 11.6 Å². The molecule has 8 heteroatoms. The van der Waals surface area contributed by atoms with Crippen molar-refractivity contribution in [2.45, 2.75) is 31.7 Å². The number of nitrogens with one attached hydrogen (secondary N) is 2. The summed E-state index contributed by atoms with van der Waals surface area (Å²) in [6.07, 6.45) is 7.23. The maximum atomic E-state index is 12.5. The molecular weight excluding hydrogens is 330 g/mol. The van der Waals surface area contributed by atoms with Gasteiger partial charge in [0.25, 0.3) is 0 Å². The van der Waals surface area contributed by atoms with Crippen LogP contribution in [0.5, 0.6) is 0 Å². The monoisotopic (exact) mass is 357 g/mol. The quantitative estimate of drug-likeness (QED) is 0.791. The topological polar surface area (TPSA) is 79.3 Å². The van der Waals surface area contributed by atoms with Gasteiger partial charge in [-0.15, -0.1) is 12.4 Å². The number of likely N-dealkylation sites (N-methyl/N-ethyl adjacent to an activating group) is 1. The fourth-order valence-corrected chi connectivity index (χ4v) is 3.39. The van der Waals surface area contributed by atoms with Crippen LogP contribution in [-0.2, 0) is 16.6 Å². The summed E-state index contributed by atoms with van der Waals surface area (Å²) in [4.78, 5) is 26.7. The van der Waals surface area contributed by atoms with Crippen molar-refractivity contribution in [2.24, 2.45) is 12.5 Å². The molecule has 1 aromatic rings. The third-order valence-corrected chi connectivity index (χ3v) is 4.63. The summed E-state index contributed by atoms with van der Waals surface area (Å²) in [6.45, 7) is 0.390. The molecule has 1 heterocycles. The molecule has 0 aliphatic heterocycles. The van der Waals surface area contributed by atoms with Crippen LogP contribution in [0.3, 0.4) is 0 Å². The zero-order valence-corrected chi connectivity index (χ0v) is 15.7. The highest BCUT2D eigenvalue weighted by atomic mass is 35.5. The molecule has 2 amide bonds. The van der Waals surface area contributed by atoms with E-state index in [2.05, 4.69) is 15.7 Å². The van der Waals surface area contributed by atoms with E-state index in [4.69, 9.17) is 0 Å². The molecule has 0 spiro atoms. The number of hydrogen-bond donors (Lipinski definition) is 2. The van der Waals surface area contributed by atoms with E-state index in [-0.39, 0.29) is 24.2 Å². The Balaban J connectivity index is 0.00000288. The molecule has 1 aliphatic rings. The van der Waals surface area contributed by atoms with E-state index in [1.165, 1.54) is 0 Å². The molecule has 2 rings (SSSR count). The highest BCUT2D eigenvalue weighted by molar-refractivity contribution is 5.86. The molecule has 0 radical (unpaired) electrons. The van der Waals surface area contributed by atoms with Gasteiger partial charge in [-0.25, -0.2) is 0 Å². The second kappa shape index (κ2) is 8.48. The minimum Gasteiger partial charge on any atom is -0.353 e. The number of hydrogen-bond acceptors (Lipinski definition) is 4. The first-order valence-corrected chi connectivity index (χ1v) is 8.05. The minimum absolute atomic E-state index is 0. The van der Waals surface area contributed by atoms with Crippen molar-refractivity contribution in [2.75, 3.05) is 27.7 Å². The second-order valence-electron chi connectivity index (χ2n) is 6.57. The Bertz CT molecular complexity index is 567. The summed E-state index contributed by atoms with van der Waals surface area (Å²) in [5.74, 6) is -0.0176. The van der Waals surface area contributed by atoms with Crippen molar-refractivity contribution in [1.29, 1.82) is 0 Å². The fraction of sp³-hybridized carbons (Fsp3) is 0.688. The maximum absolute atomic E-state index is 12.5. The van der Waals surface area contributed by atoms with Crippen LogP contribution >= 0.6 is 12.4 Å². The number of carbonyl (C=O) groups is 2. The van der Waals surface area contributed by atoms with Gasteiger partial charge in [-0.05, 0) is 19.9 Å². The minimum atomic E-state index is -0.461.